The van der Waals surface area contributed by atoms with Crippen molar-refractivity contribution in [2.45, 2.75) is 71.0 Å². The molecule has 24 heavy (non-hydrogen) atoms. The van der Waals surface area contributed by atoms with Gasteiger partial charge in [0.05, 0.1) is 13.2 Å². The summed E-state index contributed by atoms with van der Waals surface area (Å²) in [6.45, 7) is 6.26. The number of hydrogen-bond donors (Lipinski definition) is 0. The summed E-state index contributed by atoms with van der Waals surface area (Å²) in [4.78, 5) is 12.5. The summed E-state index contributed by atoms with van der Waals surface area (Å²) < 4.78 is 12.0. The average Bonchev–Trinajstić information content (AvgIpc) is 3.14. The topological polar surface area (TPSA) is 35.5 Å². The molecule has 1 heterocycles. The molecule has 3 unspecified atom stereocenters. The number of ether oxygens (including phenoxy) is 2. The lowest BCUT2D eigenvalue weighted by molar-refractivity contribution is -0.185. The van der Waals surface area contributed by atoms with Gasteiger partial charge in [0, 0.05) is 24.7 Å². The highest BCUT2D eigenvalue weighted by Gasteiger charge is 2.60. The Labute approximate surface area is 145 Å². The maximum atomic E-state index is 12.5. The van der Waals surface area contributed by atoms with E-state index >= 15 is 0 Å². The predicted molar refractivity (Wildman–Crippen MR) is 91.3 cm³/mol. The molecule has 5 rings (SSSR count). The van der Waals surface area contributed by atoms with E-state index in [9.17, 15) is 4.79 Å². The average molecular weight is 330 g/mol. The van der Waals surface area contributed by atoms with E-state index in [2.05, 4.69) is 19.9 Å². The molecule has 132 valence electrons. The first-order chi connectivity index (χ1) is 11.5. The van der Waals surface area contributed by atoms with Crippen LogP contribution >= 0.6 is 0 Å². The minimum absolute atomic E-state index is 0.0174. The van der Waals surface area contributed by atoms with Crippen LogP contribution in [-0.2, 0) is 14.3 Å². The molecule has 1 saturated heterocycles. The van der Waals surface area contributed by atoms with Gasteiger partial charge in [-0.2, -0.15) is 0 Å². The lowest BCUT2D eigenvalue weighted by Gasteiger charge is -2.57. The summed E-state index contributed by atoms with van der Waals surface area (Å²) in [7, 11) is 0. The number of hydrogen-bond acceptors (Lipinski definition) is 3. The fourth-order valence-corrected chi connectivity index (χ4v) is 7.12. The highest BCUT2D eigenvalue weighted by Crippen LogP contribution is 2.65. The van der Waals surface area contributed by atoms with Gasteiger partial charge in [-0.15, -0.1) is 0 Å². The fourth-order valence-electron chi connectivity index (χ4n) is 7.12. The van der Waals surface area contributed by atoms with Crippen LogP contribution < -0.4 is 0 Å². The molecular weight excluding hydrogens is 300 g/mol. The van der Waals surface area contributed by atoms with Crippen LogP contribution in [0.15, 0.2) is 11.6 Å². The van der Waals surface area contributed by atoms with Gasteiger partial charge in [-0.3, -0.25) is 4.79 Å². The Kier molecular flexibility index (Phi) is 3.21. The first-order valence-electron chi connectivity index (χ1n) is 9.98. The van der Waals surface area contributed by atoms with E-state index < -0.39 is 0 Å². The van der Waals surface area contributed by atoms with Crippen molar-refractivity contribution in [2.24, 2.45) is 28.6 Å². The quantitative estimate of drug-likeness (QED) is 0.623. The van der Waals surface area contributed by atoms with E-state index in [0.29, 0.717) is 23.0 Å². The SMILES string of the molecule is C[C@@]12CCC3C(CC=C4CC5(CC[C@]43C)OCCO5)C1CCC2=O. The second-order valence-corrected chi connectivity index (χ2v) is 9.46. The third kappa shape index (κ3) is 1.89. The number of allylic oxidation sites excluding steroid dienone is 1. The molecule has 4 fully saturated rings. The minimum Gasteiger partial charge on any atom is -0.347 e. The maximum absolute atomic E-state index is 12.5. The van der Waals surface area contributed by atoms with E-state index in [1.165, 1.54) is 19.3 Å². The lowest BCUT2D eigenvalue weighted by atomic mass is 9.48. The molecule has 0 aromatic heterocycles. The maximum Gasteiger partial charge on any atom is 0.172 e. The van der Waals surface area contributed by atoms with Gasteiger partial charge >= 0.3 is 0 Å². The number of Topliss-reactive ketones (excluding diaryl/α,β-unsaturated/α-hetero) is 1. The molecular formula is C21H30O3. The molecule has 3 heteroatoms. The summed E-state index contributed by atoms with van der Waals surface area (Å²) in [5, 5.41) is 0. The molecule has 0 bridgehead atoms. The van der Waals surface area contributed by atoms with Crippen molar-refractivity contribution in [2.75, 3.05) is 13.2 Å². The normalized spacial score (nSPS) is 49.5. The van der Waals surface area contributed by atoms with Crippen LogP contribution in [0, 0.1) is 28.6 Å². The molecule has 3 saturated carbocycles. The summed E-state index contributed by atoms with van der Waals surface area (Å²) in [6.07, 6.45) is 11.1. The van der Waals surface area contributed by atoms with Gasteiger partial charge in [-0.05, 0) is 55.3 Å². The molecule has 0 radical (unpaired) electrons. The molecule has 0 amide bonds. The molecule has 0 aromatic rings. The summed E-state index contributed by atoms with van der Waals surface area (Å²) in [5.74, 6) is 2.31. The molecule has 0 N–H and O–H groups in total. The van der Waals surface area contributed by atoms with E-state index in [1.54, 1.807) is 5.57 Å². The number of carbonyl (C=O) groups excluding carboxylic acids is 1. The Hall–Kier alpha value is -0.670. The zero-order valence-electron chi connectivity index (χ0n) is 15.1. The lowest BCUT2D eigenvalue weighted by Crippen LogP contribution is -2.52. The van der Waals surface area contributed by atoms with Crippen LogP contribution in [0.3, 0.4) is 0 Å². The number of ketones is 1. The van der Waals surface area contributed by atoms with Gasteiger partial charge in [0.1, 0.15) is 5.78 Å². The molecule has 4 aliphatic carbocycles. The predicted octanol–water partition coefficient (Wildman–Crippen LogP) is 4.26. The van der Waals surface area contributed by atoms with Crippen molar-refractivity contribution in [3.63, 3.8) is 0 Å². The third-order valence-corrected chi connectivity index (χ3v) is 8.63. The van der Waals surface area contributed by atoms with Crippen LogP contribution in [0.2, 0.25) is 0 Å². The highest BCUT2D eigenvalue weighted by molar-refractivity contribution is 5.87. The van der Waals surface area contributed by atoms with Crippen LogP contribution in [0.1, 0.15) is 65.2 Å². The third-order valence-electron chi connectivity index (χ3n) is 8.63. The van der Waals surface area contributed by atoms with Crippen LogP contribution in [0.4, 0.5) is 0 Å². The van der Waals surface area contributed by atoms with Crippen molar-refractivity contribution < 1.29 is 14.3 Å². The molecule has 0 aromatic carbocycles. The zero-order valence-corrected chi connectivity index (χ0v) is 15.1. The molecule has 3 nitrogen and oxygen atoms in total. The summed E-state index contributed by atoms with van der Waals surface area (Å²) in [6, 6.07) is 0. The Balaban J connectivity index is 1.47. The van der Waals surface area contributed by atoms with Gasteiger partial charge < -0.3 is 9.47 Å². The Morgan fingerprint density at radius 3 is 2.54 bits per heavy atom. The van der Waals surface area contributed by atoms with E-state index in [0.717, 1.165) is 51.2 Å². The van der Waals surface area contributed by atoms with E-state index in [-0.39, 0.29) is 11.2 Å². The molecule has 1 aliphatic heterocycles. The van der Waals surface area contributed by atoms with Crippen LogP contribution in [0.25, 0.3) is 0 Å². The number of fused-ring (bicyclic) bond motifs is 5. The van der Waals surface area contributed by atoms with Crippen molar-refractivity contribution in [3.8, 4) is 0 Å². The Bertz CT molecular complexity index is 602. The standard InChI is InChI=1S/C21H30O3/c1-19-9-10-21(23-11-12-24-21)13-14(19)3-4-15-16-5-6-18(22)20(16,2)8-7-17(15)19/h3,15-17H,4-13H2,1-2H3/t15?,16?,17?,19-,20-/m1/s1. The molecule has 5 atom stereocenters. The first kappa shape index (κ1) is 15.6. The van der Waals surface area contributed by atoms with Gasteiger partial charge in [0.2, 0.25) is 0 Å². The van der Waals surface area contributed by atoms with Gasteiger partial charge in [0.25, 0.3) is 0 Å². The van der Waals surface area contributed by atoms with Crippen molar-refractivity contribution >= 4 is 5.78 Å². The van der Waals surface area contributed by atoms with Gasteiger partial charge in [-0.25, -0.2) is 0 Å². The summed E-state index contributed by atoms with van der Waals surface area (Å²) >= 11 is 0. The second kappa shape index (κ2) is 4.94. The largest absolute Gasteiger partial charge is 0.347 e. The molecule has 1 spiro atoms. The smallest absolute Gasteiger partial charge is 0.172 e. The first-order valence-corrected chi connectivity index (χ1v) is 9.98. The Morgan fingerprint density at radius 1 is 1.00 bits per heavy atom. The fraction of sp³-hybridized carbons (Fsp3) is 0.857. The zero-order chi connectivity index (χ0) is 16.6. The van der Waals surface area contributed by atoms with Crippen LogP contribution in [-0.4, -0.2) is 24.8 Å². The van der Waals surface area contributed by atoms with Gasteiger partial charge in [0.15, 0.2) is 5.79 Å². The molecule has 5 aliphatic rings. The van der Waals surface area contributed by atoms with Crippen molar-refractivity contribution in [1.82, 2.24) is 0 Å². The van der Waals surface area contributed by atoms with Gasteiger partial charge in [-0.1, -0.05) is 25.5 Å². The minimum atomic E-state index is -0.315. The van der Waals surface area contributed by atoms with E-state index in [4.69, 9.17) is 9.47 Å². The Morgan fingerprint density at radius 2 is 1.75 bits per heavy atom. The van der Waals surface area contributed by atoms with E-state index in [1.807, 2.05) is 0 Å². The highest BCUT2D eigenvalue weighted by atomic mass is 16.7. The summed E-state index contributed by atoms with van der Waals surface area (Å²) in [5.41, 5.74) is 1.87. The number of carbonyl (C=O) groups is 1. The van der Waals surface area contributed by atoms with Crippen molar-refractivity contribution in [3.05, 3.63) is 11.6 Å². The monoisotopic (exact) mass is 330 g/mol. The van der Waals surface area contributed by atoms with Crippen LogP contribution in [0.5, 0.6) is 0 Å². The number of rotatable bonds is 0. The second-order valence-electron chi connectivity index (χ2n) is 9.46. The van der Waals surface area contributed by atoms with Crippen molar-refractivity contribution in [1.29, 1.82) is 0 Å².